The Morgan fingerprint density at radius 3 is 2.65 bits per heavy atom. The predicted octanol–water partition coefficient (Wildman–Crippen LogP) is 1.65. The van der Waals surface area contributed by atoms with Crippen molar-refractivity contribution in [1.82, 2.24) is 9.97 Å². The average Bonchev–Trinajstić information content (AvgIpc) is 2.40. The van der Waals surface area contributed by atoms with Crippen LogP contribution in [0.5, 0.6) is 5.75 Å². The normalized spacial score (nSPS) is 10.2. The lowest BCUT2D eigenvalue weighted by Crippen LogP contribution is -2.05. The van der Waals surface area contributed by atoms with Gasteiger partial charge in [0.15, 0.2) is 0 Å². The summed E-state index contributed by atoms with van der Waals surface area (Å²) in [5.74, 6) is 0.836. The molecule has 0 aliphatic carbocycles. The third kappa shape index (κ3) is 2.60. The second-order valence-electron chi connectivity index (χ2n) is 3.66. The molecule has 4 nitrogen and oxygen atoms in total. The monoisotopic (exact) mass is 229 g/mol. The molecule has 0 fully saturated rings. The summed E-state index contributed by atoms with van der Waals surface area (Å²) in [6.45, 7) is 0.594. The highest BCUT2D eigenvalue weighted by Gasteiger charge is 2.06. The van der Waals surface area contributed by atoms with Crippen molar-refractivity contribution < 1.29 is 4.74 Å². The van der Waals surface area contributed by atoms with Crippen molar-refractivity contribution in [3.05, 3.63) is 42.4 Å². The lowest BCUT2D eigenvalue weighted by Gasteiger charge is -2.07. The molecule has 2 aromatic rings. The Hall–Kier alpha value is -1.94. The number of nitrogens with two attached hydrogens (primary N) is 1. The molecule has 0 unspecified atom stereocenters. The first kappa shape index (κ1) is 11.5. The first-order chi connectivity index (χ1) is 8.35. The highest BCUT2D eigenvalue weighted by Crippen LogP contribution is 2.23. The maximum Gasteiger partial charge on any atom is 0.118 e. The molecule has 4 heteroatoms. The number of aromatic nitrogens is 2. The van der Waals surface area contributed by atoms with Gasteiger partial charge in [-0.1, -0.05) is 0 Å². The van der Waals surface area contributed by atoms with Crippen molar-refractivity contribution in [2.75, 3.05) is 13.7 Å². The summed E-state index contributed by atoms with van der Waals surface area (Å²) in [6, 6.07) is 7.82. The predicted molar refractivity (Wildman–Crippen MR) is 66.8 cm³/mol. The van der Waals surface area contributed by atoms with Gasteiger partial charge in [0, 0.05) is 11.8 Å². The van der Waals surface area contributed by atoms with Crippen LogP contribution in [0.4, 0.5) is 0 Å². The molecule has 0 saturated carbocycles. The van der Waals surface area contributed by atoms with Crippen molar-refractivity contribution in [2.45, 2.75) is 6.42 Å². The first-order valence-corrected chi connectivity index (χ1v) is 5.48. The van der Waals surface area contributed by atoms with Crippen molar-refractivity contribution in [3.63, 3.8) is 0 Å². The Kier molecular flexibility index (Phi) is 3.67. The standard InChI is InChI=1S/C13H15N3O/c1-17-12-4-2-10(3-5-12)13-11(6-7-14)8-15-9-16-13/h2-5,8-9H,6-7,14H2,1H3. The summed E-state index contributed by atoms with van der Waals surface area (Å²) >= 11 is 0. The SMILES string of the molecule is COc1ccc(-c2ncncc2CCN)cc1. The Morgan fingerprint density at radius 2 is 2.00 bits per heavy atom. The number of hydrogen-bond donors (Lipinski definition) is 1. The third-order valence-corrected chi connectivity index (χ3v) is 2.57. The highest BCUT2D eigenvalue weighted by molar-refractivity contribution is 5.63. The van der Waals surface area contributed by atoms with E-state index in [-0.39, 0.29) is 0 Å². The molecule has 0 amide bonds. The van der Waals surface area contributed by atoms with Gasteiger partial charge in [0.1, 0.15) is 12.1 Å². The molecular formula is C13H15N3O. The number of methoxy groups -OCH3 is 1. The van der Waals surface area contributed by atoms with Crippen molar-refractivity contribution >= 4 is 0 Å². The molecule has 88 valence electrons. The van der Waals surface area contributed by atoms with E-state index in [2.05, 4.69) is 9.97 Å². The maximum atomic E-state index is 5.58. The number of benzene rings is 1. The molecule has 2 N–H and O–H groups in total. The minimum Gasteiger partial charge on any atom is -0.497 e. The molecular weight excluding hydrogens is 214 g/mol. The van der Waals surface area contributed by atoms with E-state index in [1.807, 2.05) is 30.5 Å². The van der Waals surface area contributed by atoms with E-state index in [1.165, 1.54) is 0 Å². The van der Waals surface area contributed by atoms with Crippen molar-refractivity contribution in [2.24, 2.45) is 5.73 Å². The zero-order valence-corrected chi connectivity index (χ0v) is 9.76. The van der Waals surface area contributed by atoms with Crippen LogP contribution < -0.4 is 10.5 Å². The van der Waals surface area contributed by atoms with Crippen LogP contribution in [0.3, 0.4) is 0 Å². The van der Waals surface area contributed by atoms with Gasteiger partial charge in [0.2, 0.25) is 0 Å². The van der Waals surface area contributed by atoms with Crippen molar-refractivity contribution in [1.29, 1.82) is 0 Å². The summed E-state index contributed by atoms with van der Waals surface area (Å²) in [5, 5.41) is 0. The van der Waals surface area contributed by atoms with Gasteiger partial charge in [-0.05, 0) is 42.8 Å². The third-order valence-electron chi connectivity index (χ3n) is 2.57. The van der Waals surface area contributed by atoms with Crippen LogP contribution in [0.2, 0.25) is 0 Å². The van der Waals surface area contributed by atoms with Crippen LogP contribution in [0.1, 0.15) is 5.56 Å². The Bertz CT molecular complexity index is 482. The average molecular weight is 229 g/mol. The fourth-order valence-electron chi connectivity index (χ4n) is 1.71. The zero-order chi connectivity index (χ0) is 12.1. The maximum absolute atomic E-state index is 5.58. The quantitative estimate of drug-likeness (QED) is 0.866. The van der Waals surface area contributed by atoms with Gasteiger partial charge in [-0.3, -0.25) is 0 Å². The second-order valence-corrected chi connectivity index (χ2v) is 3.66. The molecule has 0 saturated heterocycles. The molecule has 0 aliphatic rings. The molecule has 0 spiro atoms. The van der Waals surface area contributed by atoms with Crippen LogP contribution in [-0.4, -0.2) is 23.6 Å². The molecule has 2 rings (SSSR count). The number of nitrogens with zero attached hydrogens (tertiary/aromatic N) is 2. The Balaban J connectivity index is 2.37. The number of hydrogen-bond acceptors (Lipinski definition) is 4. The van der Waals surface area contributed by atoms with Gasteiger partial charge >= 0.3 is 0 Å². The fraction of sp³-hybridized carbons (Fsp3) is 0.231. The Morgan fingerprint density at radius 1 is 1.24 bits per heavy atom. The van der Waals surface area contributed by atoms with Crippen LogP contribution in [0, 0.1) is 0 Å². The van der Waals surface area contributed by atoms with Gasteiger partial charge in [0.05, 0.1) is 12.8 Å². The molecule has 1 aromatic carbocycles. The Labute approximate surface area is 100 Å². The fourth-order valence-corrected chi connectivity index (χ4v) is 1.71. The summed E-state index contributed by atoms with van der Waals surface area (Å²) in [6.07, 6.45) is 4.15. The molecule has 0 aliphatic heterocycles. The minimum atomic E-state index is 0.594. The second kappa shape index (κ2) is 5.41. The summed E-state index contributed by atoms with van der Waals surface area (Å²) < 4.78 is 5.13. The van der Waals surface area contributed by atoms with E-state index in [0.717, 1.165) is 29.0 Å². The first-order valence-electron chi connectivity index (χ1n) is 5.48. The molecule has 0 bridgehead atoms. The zero-order valence-electron chi connectivity index (χ0n) is 9.76. The summed E-state index contributed by atoms with van der Waals surface area (Å²) in [7, 11) is 1.65. The van der Waals surface area contributed by atoms with E-state index in [0.29, 0.717) is 6.54 Å². The van der Waals surface area contributed by atoms with E-state index in [4.69, 9.17) is 10.5 Å². The van der Waals surface area contributed by atoms with Gasteiger partial charge in [-0.15, -0.1) is 0 Å². The van der Waals surface area contributed by atoms with E-state index < -0.39 is 0 Å². The molecule has 17 heavy (non-hydrogen) atoms. The minimum absolute atomic E-state index is 0.594. The van der Waals surface area contributed by atoms with Crippen molar-refractivity contribution in [3.8, 4) is 17.0 Å². The molecule has 0 radical (unpaired) electrons. The van der Waals surface area contributed by atoms with Crippen LogP contribution in [-0.2, 0) is 6.42 Å². The summed E-state index contributed by atoms with van der Waals surface area (Å²) in [4.78, 5) is 8.35. The van der Waals surface area contributed by atoms with Crippen LogP contribution in [0.15, 0.2) is 36.8 Å². The lowest BCUT2D eigenvalue weighted by atomic mass is 10.1. The molecule has 0 atom stereocenters. The van der Waals surface area contributed by atoms with Gasteiger partial charge in [0.25, 0.3) is 0 Å². The van der Waals surface area contributed by atoms with E-state index in [9.17, 15) is 0 Å². The van der Waals surface area contributed by atoms with Gasteiger partial charge in [-0.25, -0.2) is 9.97 Å². The van der Waals surface area contributed by atoms with E-state index in [1.54, 1.807) is 13.4 Å². The largest absolute Gasteiger partial charge is 0.497 e. The molecule has 1 aromatic heterocycles. The molecule has 1 heterocycles. The lowest BCUT2D eigenvalue weighted by molar-refractivity contribution is 0.415. The van der Waals surface area contributed by atoms with Crippen LogP contribution in [0.25, 0.3) is 11.3 Å². The van der Waals surface area contributed by atoms with Gasteiger partial charge in [-0.2, -0.15) is 0 Å². The topological polar surface area (TPSA) is 61.0 Å². The number of ether oxygens (including phenoxy) is 1. The highest BCUT2D eigenvalue weighted by atomic mass is 16.5. The summed E-state index contributed by atoms with van der Waals surface area (Å²) in [5.41, 5.74) is 8.64. The van der Waals surface area contributed by atoms with E-state index >= 15 is 0 Å². The van der Waals surface area contributed by atoms with Gasteiger partial charge < -0.3 is 10.5 Å². The smallest absolute Gasteiger partial charge is 0.118 e. The van der Waals surface area contributed by atoms with Crippen LogP contribution >= 0.6 is 0 Å². The number of rotatable bonds is 4.